The second-order valence-electron chi connectivity index (χ2n) is 8.52. The maximum absolute atomic E-state index is 9.55. The highest BCUT2D eigenvalue weighted by Crippen LogP contribution is 2.53. The quantitative estimate of drug-likeness (QED) is 0.275. The fourth-order valence-electron chi connectivity index (χ4n) is 4.29. The van der Waals surface area contributed by atoms with E-state index >= 15 is 0 Å². The first-order valence-electron chi connectivity index (χ1n) is 12.0. The van der Waals surface area contributed by atoms with Gasteiger partial charge in [-0.25, -0.2) is 9.59 Å². The van der Waals surface area contributed by atoms with E-state index in [1.807, 2.05) is 23.5 Å². The molecule has 2 aliphatic heterocycles. The van der Waals surface area contributed by atoms with Gasteiger partial charge in [-0.05, 0) is 42.7 Å². The van der Waals surface area contributed by atoms with Gasteiger partial charge in [-0.1, -0.05) is 90.3 Å². The molecule has 3 aromatic rings. The monoisotopic (exact) mass is 532 g/mol. The minimum atomic E-state index is -1.26. The Hall–Kier alpha value is -3.49. The summed E-state index contributed by atoms with van der Waals surface area (Å²) in [6.07, 6.45) is 3.44. The lowest BCUT2D eigenvalue weighted by atomic mass is 10.1. The number of fused-ring (bicyclic) bond motifs is 1. The summed E-state index contributed by atoms with van der Waals surface area (Å²) in [4.78, 5) is 29.6. The zero-order valence-electron chi connectivity index (χ0n) is 20.1. The molecule has 0 amide bonds. The third kappa shape index (κ3) is 7.27. The van der Waals surface area contributed by atoms with E-state index < -0.39 is 11.9 Å². The van der Waals surface area contributed by atoms with E-state index in [1.165, 1.54) is 27.6 Å². The Morgan fingerprint density at radius 1 is 0.811 bits per heavy atom. The number of rotatable bonds is 7. The van der Waals surface area contributed by atoms with Gasteiger partial charge in [0, 0.05) is 35.0 Å². The number of aliphatic imine (C=N–C) groups is 1. The lowest BCUT2D eigenvalue weighted by Gasteiger charge is -2.41. The van der Waals surface area contributed by atoms with Crippen molar-refractivity contribution in [3.8, 4) is 0 Å². The number of nitrogens with zero attached hydrogens (tertiary/aromatic N) is 2. The first-order chi connectivity index (χ1) is 17.9. The van der Waals surface area contributed by atoms with Gasteiger partial charge in [0.25, 0.3) is 0 Å². The number of hydrogen-bond donors (Lipinski definition) is 2. The van der Waals surface area contributed by atoms with Crippen molar-refractivity contribution in [1.29, 1.82) is 0 Å². The first kappa shape index (κ1) is 26.6. The lowest BCUT2D eigenvalue weighted by Crippen LogP contribution is -2.47. The summed E-state index contributed by atoms with van der Waals surface area (Å²) >= 11 is 3.94. The van der Waals surface area contributed by atoms with Crippen LogP contribution in [0.1, 0.15) is 24.4 Å². The Labute approximate surface area is 225 Å². The molecule has 1 atom stereocenters. The van der Waals surface area contributed by atoms with E-state index in [0.717, 1.165) is 19.5 Å². The summed E-state index contributed by atoms with van der Waals surface area (Å²) in [7, 11) is 0. The minimum absolute atomic E-state index is 0.0928. The molecule has 6 nitrogen and oxygen atoms in total. The average Bonchev–Trinajstić information content (AvgIpc) is 3.36. The number of thioether (sulfide) groups is 2. The molecule has 190 valence electrons. The third-order valence-electron chi connectivity index (χ3n) is 5.85. The van der Waals surface area contributed by atoms with Gasteiger partial charge in [-0.2, -0.15) is 0 Å². The standard InChI is InChI=1S/C25H24N2S2.C4H4O4/c1-4-11-20(12-5-1)23-19-27-18-10-17-25(24(27)26-23,28-21-13-6-2-7-14-21)29-22-15-8-3-9-16-22;5-3(6)1-2-4(7)8/h1-9,11-16,23H,10,17-19H2;1-2H,(H,5,6)(H,7,8). The van der Waals surface area contributed by atoms with Gasteiger partial charge in [-0.15, -0.1) is 0 Å². The molecule has 0 spiro atoms. The maximum atomic E-state index is 9.55. The van der Waals surface area contributed by atoms with Crippen LogP contribution in [-0.2, 0) is 9.59 Å². The number of aliphatic carboxylic acids is 2. The number of benzene rings is 3. The van der Waals surface area contributed by atoms with Gasteiger partial charge in [0.2, 0.25) is 0 Å². The molecule has 1 saturated heterocycles. The number of carboxylic acids is 2. The third-order valence-corrected chi connectivity index (χ3v) is 8.80. The van der Waals surface area contributed by atoms with E-state index in [2.05, 4.69) is 95.9 Å². The van der Waals surface area contributed by atoms with Crippen LogP contribution in [0.2, 0.25) is 0 Å². The van der Waals surface area contributed by atoms with Gasteiger partial charge in [-0.3, -0.25) is 4.99 Å². The maximum Gasteiger partial charge on any atom is 0.328 e. The zero-order chi connectivity index (χ0) is 26.1. The Bertz CT molecular complexity index is 1190. The van der Waals surface area contributed by atoms with Crippen molar-refractivity contribution >= 4 is 41.3 Å². The van der Waals surface area contributed by atoms with Crippen LogP contribution in [0, 0.1) is 0 Å². The highest BCUT2D eigenvalue weighted by Gasteiger charge is 2.47. The number of carboxylic acid groups (broad SMARTS) is 2. The van der Waals surface area contributed by atoms with Crippen molar-refractivity contribution < 1.29 is 19.8 Å². The fourth-order valence-corrected chi connectivity index (χ4v) is 7.42. The van der Waals surface area contributed by atoms with E-state index in [-0.39, 0.29) is 10.1 Å². The average molecular weight is 533 g/mol. The van der Waals surface area contributed by atoms with Crippen molar-refractivity contribution in [1.82, 2.24) is 4.90 Å². The molecule has 2 aliphatic rings. The van der Waals surface area contributed by atoms with Crippen molar-refractivity contribution in [2.24, 2.45) is 4.99 Å². The van der Waals surface area contributed by atoms with Crippen molar-refractivity contribution in [3.05, 3.63) is 109 Å². The molecule has 1 unspecified atom stereocenters. The molecule has 0 saturated carbocycles. The minimum Gasteiger partial charge on any atom is -0.478 e. The van der Waals surface area contributed by atoms with Crippen molar-refractivity contribution in [2.45, 2.75) is 32.8 Å². The van der Waals surface area contributed by atoms with Gasteiger partial charge in [0.05, 0.1) is 6.04 Å². The Kier molecular flexibility index (Phi) is 9.09. The Morgan fingerprint density at radius 2 is 1.30 bits per heavy atom. The van der Waals surface area contributed by atoms with Crippen LogP contribution in [0.15, 0.2) is 118 Å². The van der Waals surface area contributed by atoms with Gasteiger partial charge >= 0.3 is 11.9 Å². The molecule has 0 aliphatic carbocycles. The molecule has 3 aromatic carbocycles. The second kappa shape index (κ2) is 12.7. The summed E-state index contributed by atoms with van der Waals surface area (Å²) < 4.78 is -0.0928. The largest absolute Gasteiger partial charge is 0.478 e. The highest BCUT2D eigenvalue weighted by atomic mass is 32.2. The topological polar surface area (TPSA) is 90.2 Å². The second-order valence-corrected chi connectivity index (χ2v) is 11.5. The molecule has 37 heavy (non-hydrogen) atoms. The van der Waals surface area contributed by atoms with E-state index in [0.29, 0.717) is 12.2 Å². The van der Waals surface area contributed by atoms with Gasteiger partial charge in [0.15, 0.2) is 0 Å². The van der Waals surface area contributed by atoms with Crippen LogP contribution in [0.4, 0.5) is 0 Å². The molecular weight excluding hydrogens is 504 g/mol. The molecule has 0 radical (unpaired) electrons. The molecular formula is C29H28N2O4S2. The van der Waals surface area contributed by atoms with E-state index in [9.17, 15) is 9.59 Å². The zero-order valence-corrected chi connectivity index (χ0v) is 21.8. The SMILES string of the molecule is O=C(O)C=CC(=O)O.c1ccc(SC2(Sc3ccccc3)CCCN3CC(c4ccccc4)N=C32)cc1. The molecule has 0 bridgehead atoms. The fraction of sp³-hybridized carbons (Fsp3) is 0.207. The molecule has 0 aromatic heterocycles. The Morgan fingerprint density at radius 3 is 1.78 bits per heavy atom. The number of carbonyl (C=O) groups is 2. The summed E-state index contributed by atoms with van der Waals surface area (Å²) in [5.74, 6) is -1.25. The molecule has 8 heteroatoms. The normalized spacial score (nSPS) is 17.9. The van der Waals surface area contributed by atoms with Gasteiger partial charge < -0.3 is 15.1 Å². The highest BCUT2D eigenvalue weighted by molar-refractivity contribution is 8.19. The molecule has 5 rings (SSSR count). The Balaban J connectivity index is 0.000000349. The first-order valence-corrected chi connectivity index (χ1v) is 13.6. The smallest absolute Gasteiger partial charge is 0.328 e. The van der Waals surface area contributed by atoms with Crippen LogP contribution in [-0.4, -0.2) is 50.1 Å². The summed E-state index contributed by atoms with van der Waals surface area (Å²) in [5, 5.41) is 15.6. The van der Waals surface area contributed by atoms with Gasteiger partial charge in [0.1, 0.15) is 9.91 Å². The van der Waals surface area contributed by atoms with Crippen molar-refractivity contribution in [2.75, 3.05) is 13.1 Å². The predicted octanol–water partition coefficient (Wildman–Crippen LogP) is 6.23. The molecule has 1 fully saturated rings. The van der Waals surface area contributed by atoms with Crippen LogP contribution in [0.25, 0.3) is 0 Å². The van der Waals surface area contributed by atoms with Crippen LogP contribution in [0.5, 0.6) is 0 Å². The molecule has 2 heterocycles. The summed E-state index contributed by atoms with van der Waals surface area (Å²) in [6.45, 7) is 2.10. The number of amidine groups is 1. The number of piperidine rings is 1. The van der Waals surface area contributed by atoms with E-state index in [1.54, 1.807) is 0 Å². The van der Waals surface area contributed by atoms with Crippen LogP contribution in [0.3, 0.4) is 0 Å². The predicted molar refractivity (Wildman–Crippen MR) is 149 cm³/mol. The van der Waals surface area contributed by atoms with Crippen LogP contribution >= 0.6 is 23.5 Å². The lowest BCUT2D eigenvalue weighted by molar-refractivity contribution is -0.134. The van der Waals surface area contributed by atoms with Crippen molar-refractivity contribution in [3.63, 3.8) is 0 Å². The van der Waals surface area contributed by atoms with Crippen LogP contribution < -0.4 is 0 Å². The summed E-state index contributed by atoms with van der Waals surface area (Å²) in [5.41, 5.74) is 1.32. The molecule has 2 N–H and O–H groups in total. The summed E-state index contributed by atoms with van der Waals surface area (Å²) in [6, 6.07) is 32.6. The number of hydrogen-bond acceptors (Lipinski definition) is 6. The van der Waals surface area contributed by atoms with E-state index in [4.69, 9.17) is 15.2 Å².